The lowest BCUT2D eigenvalue weighted by Crippen LogP contribution is -2.42. The number of hydrogen-bond donors (Lipinski definition) is 3. The number of nitrogens with two attached hydrogens (primary N) is 1. The fourth-order valence-electron chi connectivity index (χ4n) is 3.37. The van der Waals surface area contributed by atoms with Gasteiger partial charge in [0.2, 0.25) is 0 Å². The first-order valence-corrected chi connectivity index (χ1v) is 9.91. The Morgan fingerprint density at radius 2 is 2.00 bits per heavy atom. The van der Waals surface area contributed by atoms with Crippen molar-refractivity contribution in [1.82, 2.24) is 15.1 Å². The van der Waals surface area contributed by atoms with Crippen LogP contribution in [0.2, 0.25) is 0 Å². The molecule has 8 nitrogen and oxygen atoms in total. The molecule has 0 aliphatic carbocycles. The van der Waals surface area contributed by atoms with E-state index in [9.17, 15) is 9.59 Å². The van der Waals surface area contributed by atoms with Gasteiger partial charge >= 0.3 is 6.03 Å². The number of hydrogen-bond acceptors (Lipinski definition) is 6. The standard InChI is InChI=1S/C17H27N5O3S/c1-2-21-5-3-12-13(11-21)26-16(14(12)15(18)23)20-17(24)19-4-6-22-7-9-25-10-8-22/h2-11H2,1H3,(H2,18,23)(H2,19,20,24). The molecule has 1 fully saturated rings. The second-order valence-electron chi connectivity index (χ2n) is 6.53. The fourth-order valence-corrected chi connectivity index (χ4v) is 4.67. The summed E-state index contributed by atoms with van der Waals surface area (Å²) in [6.45, 7) is 9.39. The average Bonchev–Trinajstić information content (AvgIpc) is 2.99. The Kier molecular flexibility index (Phi) is 6.47. The molecule has 4 N–H and O–H groups in total. The Labute approximate surface area is 157 Å². The SMILES string of the molecule is CCN1CCc2c(sc(NC(=O)NCCN3CCOCC3)c2C(N)=O)C1. The topological polar surface area (TPSA) is 99.9 Å². The van der Waals surface area contributed by atoms with Crippen LogP contribution in [0.25, 0.3) is 0 Å². The van der Waals surface area contributed by atoms with Gasteiger partial charge in [0.05, 0.1) is 18.8 Å². The number of primary amides is 1. The molecule has 1 aromatic heterocycles. The van der Waals surface area contributed by atoms with Crippen LogP contribution in [0.3, 0.4) is 0 Å². The number of nitrogens with one attached hydrogen (secondary N) is 2. The number of amides is 3. The van der Waals surface area contributed by atoms with Gasteiger partial charge in [-0.3, -0.25) is 19.9 Å². The summed E-state index contributed by atoms with van der Waals surface area (Å²) in [4.78, 5) is 29.9. The number of thiophene rings is 1. The first-order chi connectivity index (χ1) is 12.6. The summed E-state index contributed by atoms with van der Waals surface area (Å²) >= 11 is 1.46. The summed E-state index contributed by atoms with van der Waals surface area (Å²) in [5.41, 5.74) is 7.06. The lowest BCUT2D eigenvalue weighted by molar-refractivity contribution is 0.0388. The number of urea groups is 1. The van der Waals surface area contributed by atoms with Gasteiger partial charge in [-0.25, -0.2) is 4.79 Å². The molecule has 0 radical (unpaired) electrons. The van der Waals surface area contributed by atoms with Gasteiger partial charge in [0.25, 0.3) is 5.91 Å². The van der Waals surface area contributed by atoms with Gasteiger partial charge in [-0.05, 0) is 18.5 Å². The summed E-state index contributed by atoms with van der Waals surface area (Å²) < 4.78 is 5.31. The number of carbonyl (C=O) groups excluding carboxylic acids is 2. The monoisotopic (exact) mass is 381 g/mol. The average molecular weight is 382 g/mol. The molecule has 9 heteroatoms. The highest BCUT2D eigenvalue weighted by molar-refractivity contribution is 7.17. The fraction of sp³-hybridized carbons (Fsp3) is 0.647. The van der Waals surface area contributed by atoms with Crippen LogP contribution in [0.1, 0.15) is 27.7 Å². The van der Waals surface area contributed by atoms with Gasteiger partial charge in [-0.15, -0.1) is 11.3 Å². The Bertz CT molecular complexity index is 657. The molecule has 0 aromatic carbocycles. The highest BCUT2D eigenvalue weighted by atomic mass is 32.1. The zero-order valence-electron chi connectivity index (χ0n) is 15.2. The number of nitrogens with zero attached hydrogens (tertiary/aromatic N) is 2. The van der Waals surface area contributed by atoms with Crippen molar-refractivity contribution in [3.63, 3.8) is 0 Å². The molecular formula is C17H27N5O3S. The van der Waals surface area contributed by atoms with E-state index in [0.717, 1.165) is 69.3 Å². The van der Waals surface area contributed by atoms with Gasteiger partial charge < -0.3 is 15.8 Å². The third-order valence-corrected chi connectivity index (χ3v) is 6.01. The van der Waals surface area contributed by atoms with Crippen LogP contribution >= 0.6 is 11.3 Å². The molecule has 3 rings (SSSR count). The molecule has 0 unspecified atom stereocenters. The van der Waals surface area contributed by atoms with Gasteiger partial charge in [-0.1, -0.05) is 6.92 Å². The smallest absolute Gasteiger partial charge is 0.319 e. The van der Waals surface area contributed by atoms with Crippen LogP contribution in [0, 0.1) is 0 Å². The molecule has 2 aliphatic rings. The maximum absolute atomic E-state index is 12.2. The second-order valence-corrected chi connectivity index (χ2v) is 7.63. The Morgan fingerprint density at radius 3 is 2.69 bits per heavy atom. The summed E-state index contributed by atoms with van der Waals surface area (Å²) in [5.74, 6) is -0.476. The Balaban J connectivity index is 1.59. The van der Waals surface area contributed by atoms with E-state index in [1.165, 1.54) is 11.3 Å². The van der Waals surface area contributed by atoms with E-state index in [1.807, 2.05) is 0 Å². The predicted octanol–water partition coefficient (Wildman–Crippen LogP) is 0.679. The summed E-state index contributed by atoms with van der Waals surface area (Å²) in [5, 5.41) is 6.24. The minimum atomic E-state index is -0.476. The minimum Gasteiger partial charge on any atom is -0.379 e. The Hall–Kier alpha value is -1.68. The van der Waals surface area contributed by atoms with E-state index in [1.54, 1.807) is 0 Å². The molecule has 0 atom stereocenters. The van der Waals surface area contributed by atoms with E-state index >= 15 is 0 Å². The van der Waals surface area contributed by atoms with Crippen molar-refractivity contribution >= 4 is 28.3 Å². The van der Waals surface area contributed by atoms with Gasteiger partial charge in [0, 0.05) is 44.1 Å². The number of morpholine rings is 1. The molecule has 0 bridgehead atoms. The van der Waals surface area contributed by atoms with Crippen molar-refractivity contribution in [2.45, 2.75) is 19.9 Å². The molecule has 0 saturated carbocycles. The first kappa shape index (κ1) is 19.1. The van der Waals surface area contributed by atoms with Crippen molar-refractivity contribution in [1.29, 1.82) is 0 Å². The first-order valence-electron chi connectivity index (χ1n) is 9.10. The predicted molar refractivity (Wildman–Crippen MR) is 102 cm³/mol. The summed E-state index contributed by atoms with van der Waals surface area (Å²) in [6, 6.07) is -0.299. The Morgan fingerprint density at radius 1 is 1.23 bits per heavy atom. The largest absolute Gasteiger partial charge is 0.379 e. The number of likely N-dealkylation sites (N-methyl/N-ethyl adjacent to an activating group) is 1. The number of fused-ring (bicyclic) bond motifs is 1. The molecule has 1 saturated heterocycles. The van der Waals surface area contributed by atoms with Crippen molar-refractivity contribution < 1.29 is 14.3 Å². The summed E-state index contributed by atoms with van der Waals surface area (Å²) in [6.07, 6.45) is 0.790. The molecule has 3 amide bonds. The minimum absolute atomic E-state index is 0.299. The number of carbonyl (C=O) groups is 2. The maximum Gasteiger partial charge on any atom is 0.319 e. The third kappa shape index (κ3) is 4.53. The molecule has 144 valence electrons. The molecule has 1 aromatic rings. The van der Waals surface area contributed by atoms with Crippen LogP contribution < -0.4 is 16.4 Å². The van der Waals surface area contributed by atoms with Crippen molar-refractivity contribution in [3.05, 3.63) is 16.0 Å². The highest BCUT2D eigenvalue weighted by Crippen LogP contribution is 2.36. The lowest BCUT2D eigenvalue weighted by atomic mass is 10.0. The normalized spacial score (nSPS) is 18.3. The molecule has 2 aliphatic heterocycles. The molecule has 3 heterocycles. The maximum atomic E-state index is 12.2. The zero-order chi connectivity index (χ0) is 18.5. The van der Waals surface area contributed by atoms with E-state index in [-0.39, 0.29) is 6.03 Å². The van der Waals surface area contributed by atoms with Gasteiger partial charge in [0.1, 0.15) is 5.00 Å². The third-order valence-electron chi connectivity index (χ3n) is 4.87. The summed E-state index contributed by atoms with van der Waals surface area (Å²) in [7, 11) is 0. The molecule has 26 heavy (non-hydrogen) atoms. The molecular weight excluding hydrogens is 354 g/mol. The van der Waals surface area contributed by atoms with E-state index in [0.29, 0.717) is 17.1 Å². The van der Waals surface area contributed by atoms with E-state index in [2.05, 4.69) is 27.4 Å². The van der Waals surface area contributed by atoms with Crippen molar-refractivity contribution in [3.8, 4) is 0 Å². The highest BCUT2D eigenvalue weighted by Gasteiger charge is 2.27. The van der Waals surface area contributed by atoms with Crippen molar-refractivity contribution in [2.24, 2.45) is 5.73 Å². The van der Waals surface area contributed by atoms with Crippen LogP contribution in [-0.2, 0) is 17.7 Å². The molecule has 0 spiro atoms. The van der Waals surface area contributed by atoms with Crippen molar-refractivity contribution in [2.75, 3.05) is 57.8 Å². The van der Waals surface area contributed by atoms with Crippen LogP contribution in [0.5, 0.6) is 0 Å². The van der Waals surface area contributed by atoms with Gasteiger partial charge in [-0.2, -0.15) is 0 Å². The van der Waals surface area contributed by atoms with Crippen LogP contribution in [-0.4, -0.2) is 74.2 Å². The van der Waals surface area contributed by atoms with Crippen LogP contribution in [0.15, 0.2) is 0 Å². The van der Waals surface area contributed by atoms with Gasteiger partial charge in [0.15, 0.2) is 0 Å². The van der Waals surface area contributed by atoms with Crippen LogP contribution in [0.4, 0.5) is 9.80 Å². The lowest BCUT2D eigenvalue weighted by Gasteiger charge is -2.26. The quantitative estimate of drug-likeness (QED) is 0.673. The zero-order valence-corrected chi connectivity index (χ0v) is 16.0. The number of rotatable bonds is 6. The van der Waals surface area contributed by atoms with E-state index in [4.69, 9.17) is 10.5 Å². The number of anilines is 1. The second kappa shape index (κ2) is 8.81. The number of ether oxygens (including phenoxy) is 1. The van der Waals surface area contributed by atoms with E-state index < -0.39 is 5.91 Å².